The molecule has 0 spiro atoms. The Morgan fingerprint density at radius 2 is 1.74 bits per heavy atom. The Balaban J connectivity index is 1.26. The van der Waals surface area contributed by atoms with Gasteiger partial charge in [-0.1, -0.05) is 110 Å². The van der Waals surface area contributed by atoms with Crippen molar-refractivity contribution in [3.63, 3.8) is 0 Å². The van der Waals surface area contributed by atoms with Crippen molar-refractivity contribution >= 4 is 29.4 Å². The molecule has 0 bridgehead atoms. The Bertz CT molecular complexity index is 1970. The minimum atomic E-state index is 0.115. The highest BCUT2D eigenvalue weighted by Crippen LogP contribution is 2.29. The van der Waals surface area contributed by atoms with Gasteiger partial charge >= 0.3 is 0 Å². The topological polar surface area (TPSA) is 35.0 Å². The van der Waals surface area contributed by atoms with E-state index in [9.17, 15) is 0 Å². The van der Waals surface area contributed by atoms with Gasteiger partial charge in [0.05, 0.1) is 17.6 Å². The summed E-state index contributed by atoms with van der Waals surface area (Å²) < 4.78 is 5.72. The van der Waals surface area contributed by atoms with Crippen LogP contribution in [0.4, 0.5) is 0 Å². The van der Waals surface area contributed by atoms with Gasteiger partial charge in [-0.05, 0) is 87.5 Å². The van der Waals surface area contributed by atoms with Crippen LogP contribution in [-0.4, -0.2) is 16.1 Å². The molecular weight excluding hydrogens is 524 g/mol. The second kappa shape index (κ2) is 11.9. The van der Waals surface area contributed by atoms with Crippen LogP contribution < -0.4 is 10.4 Å². The van der Waals surface area contributed by atoms with Crippen molar-refractivity contribution in [3.05, 3.63) is 162 Å². The molecule has 208 valence electrons. The van der Waals surface area contributed by atoms with E-state index >= 15 is 0 Å². The molecule has 2 aliphatic carbocycles. The highest BCUT2D eigenvalue weighted by Gasteiger charge is 2.22. The molecule has 4 aromatic rings. The largest absolute Gasteiger partial charge is 0.493 e. The zero-order chi connectivity index (χ0) is 29.0. The molecule has 3 heteroatoms. The fourth-order valence-electron chi connectivity index (χ4n) is 5.82. The van der Waals surface area contributed by atoms with Crippen LogP contribution in [-0.2, 0) is 4.74 Å². The van der Waals surface area contributed by atoms with Gasteiger partial charge in [0.15, 0.2) is 5.82 Å². The molecule has 2 unspecified atom stereocenters. The molecule has 0 amide bonds. The molecule has 0 saturated heterocycles. The van der Waals surface area contributed by atoms with E-state index in [1.807, 2.05) is 36.6 Å². The van der Waals surface area contributed by atoms with Crippen LogP contribution in [0, 0.1) is 5.92 Å². The number of allylic oxidation sites excluding steroid dienone is 8. The molecule has 0 N–H and O–H groups in total. The van der Waals surface area contributed by atoms with Crippen molar-refractivity contribution in [2.45, 2.75) is 18.9 Å². The van der Waals surface area contributed by atoms with E-state index in [4.69, 9.17) is 14.7 Å². The lowest BCUT2D eigenvalue weighted by atomic mass is 9.93. The Morgan fingerprint density at radius 3 is 2.60 bits per heavy atom. The molecule has 43 heavy (non-hydrogen) atoms. The highest BCUT2D eigenvalue weighted by molar-refractivity contribution is 5.77. The first-order chi connectivity index (χ1) is 21.2. The number of nitrogens with zero attached hydrogens (tertiary/aromatic N) is 2. The Hall–Kier alpha value is -5.28. The van der Waals surface area contributed by atoms with E-state index in [0.717, 1.165) is 57.9 Å². The molecule has 3 nitrogen and oxygen atoms in total. The maximum atomic E-state index is 5.72. The third-order valence-corrected chi connectivity index (χ3v) is 8.13. The molecule has 7 rings (SSSR count). The predicted octanol–water partition coefficient (Wildman–Crippen LogP) is 7.93. The average Bonchev–Trinajstić information content (AvgIpc) is 3.53. The van der Waals surface area contributed by atoms with Crippen molar-refractivity contribution in [2.24, 2.45) is 5.92 Å². The van der Waals surface area contributed by atoms with Crippen LogP contribution in [0.2, 0.25) is 0 Å². The Kier molecular flexibility index (Phi) is 7.37. The quantitative estimate of drug-likeness (QED) is 0.217. The number of aromatic nitrogens is 2. The van der Waals surface area contributed by atoms with Crippen LogP contribution in [0.25, 0.3) is 51.8 Å². The van der Waals surface area contributed by atoms with Crippen LogP contribution >= 0.6 is 0 Å². The maximum absolute atomic E-state index is 5.72. The molecule has 2 atom stereocenters. The van der Waals surface area contributed by atoms with Crippen LogP contribution in [0.5, 0.6) is 0 Å². The summed E-state index contributed by atoms with van der Waals surface area (Å²) in [6.45, 7) is 4.01. The summed E-state index contributed by atoms with van der Waals surface area (Å²) in [6.07, 6.45) is 25.0. The number of hydrogen-bond acceptors (Lipinski definition) is 3. The highest BCUT2D eigenvalue weighted by atomic mass is 16.5. The van der Waals surface area contributed by atoms with E-state index in [2.05, 4.69) is 116 Å². The van der Waals surface area contributed by atoms with Crippen LogP contribution in [0.1, 0.15) is 29.9 Å². The third kappa shape index (κ3) is 5.75. The first-order valence-electron chi connectivity index (χ1n) is 14.8. The summed E-state index contributed by atoms with van der Waals surface area (Å²) >= 11 is 0. The summed E-state index contributed by atoms with van der Waals surface area (Å²) in [4.78, 5) is 10.0. The van der Waals surface area contributed by atoms with Gasteiger partial charge in [0.1, 0.15) is 6.10 Å². The van der Waals surface area contributed by atoms with Gasteiger partial charge in [0.2, 0.25) is 0 Å². The standard InChI is InChI=1S/C40H32N2O/c1-2-28(29-11-5-3-6-12-29)15-10-18-37-27-38(42-40(41-37)30-13-7-4-8-14-30)34-17-9-16-31(23-34)32-19-20-33-26-39-35(21-22-43-39)25-36(33)24-32/h2-7,9-13,15-27,35,39H,1,8,14H2/b18-10+,28-15+. The van der Waals surface area contributed by atoms with Gasteiger partial charge in [-0.2, -0.15) is 0 Å². The van der Waals surface area contributed by atoms with E-state index in [1.165, 1.54) is 16.0 Å². The lowest BCUT2D eigenvalue weighted by Crippen LogP contribution is -2.33. The van der Waals surface area contributed by atoms with E-state index in [0.29, 0.717) is 5.92 Å². The summed E-state index contributed by atoms with van der Waals surface area (Å²) in [6, 6.07) is 27.7. The zero-order valence-electron chi connectivity index (χ0n) is 23.9. The number of ether oxygens (including phenoxy) is 1. The van der Waals surface area contributed by atoms with Gasteiger partial charge in [-0.3, -0.25) is 0 Å². The molecule has 1 aliphatic heterocycles. The fourth-order valence-corrected chi connectivity index (χ4v) is 5.82. The minimum absolute atomic E-state index is 0.115. The molecule has 1 aromatic heterocycles. The van der Waals surface area contributed by atoms with Gasteiger partial charge in [-0.25, -0.2) is 9.97 Å². The monoisotopic (exact) mass is 556 g/mol. The first-order valence-corrected chi connectivity index (χ1v) is 14.8. The molecule has 0 saturated carbocycles. The molecule has 3 aliphatic rings. The molecule has 3 aromatic carbocycles. The zero-order valence-corrected chi connectivity index (χ0v) is 23.9. The molecular formula is C40H32N2O. The van der Waals surface area contributed by atoms with E-state index < -0.39 is 0 Å². The van der Waals surface area contributed by atoms with E-state index in [-0.39, 0.29) is 6.10 Å². The molecule has 0 fully saturated rings. The van der Waals surface area contributed by atoms with Gasteiger partial charge in [0.25, 0.3) is 0 Å². The minimum Gasteiger partial charge on any atom is -0.493 e. The number of rotatable bonds is 7. The number of hydrogen-bond donors (Lipinski definition) is 0. The second-order valence-electron chi connectivity index (χ2n) is 11.0. The summed E-state index contributed by atoms with van der Waals surface area (Å²) in [5.41, 5.74) is 8.54. The third-order valence-electron chi connectivity index (χ3n) is 8.13. The lowest BCUT2D eigenvalue weighted by Gasteiger charge is -2.16. The Labute approximate surface area is 252 Å². The van der Waals surface area contributed by atoms with Gasteiger partial charge < -0.3 is 4.74 Å². The SMILES string of the molecule is C=C/C(=C\C=C\c1cc(-c2cccc(-c3ccc4c(c3)=CC3C=COC3C=4)c2)nc(C2=CC=CCC2)n1)c1ccccc1. The first kappa shape index (κ1) is 26.6. The summed E-state index contributed by atoms with van der Waals surface area (Å²) in [5.74, 6) is 1.08. The van der Waals surface area contributed by atoms with Gasteiger partial charge in [-0.15, -0.1) is 0 Å². The molecule has 2 heterocycles. The fraction of sp³-hybridized carbons (Fsp3) is 0.100. The molecule has 0 radical (unpaired) electrons. The van der Waals surface area contributed by atoms with Gasteiger partial charge in [0, 0.05) is 11.5 Å². The Morgan fingerprint density at radius 1 is 0.860 bits per heavy atom. The van der Waals surface area contributed by atoms with Crippen molar-refractivity contribution in [2.75, 3.05) is 0 Å². The van der Waals surface area contributed by atoms with E-state index in [1.54, 1.807) is 0 Å². The van der Waals surface area contributed by atoms with Crippen molar-refractivity contribution in [3.8, 4) is 22.4 Å². The van der Waals surface area contributed by atoms with Crippen molar-refractivity contribution < 1.29 is 4.74 Å². The van der Waals surface area contributed by atoms with Crippen molar-refractivity contribution in [1.29, 1.82) is 0 Å². The smallest absolute Gasteiger partial charge is 0.156 e. The van der Waals surface area contributed by atoms with Crippen molar-refractivity contribution in [1.82, 2.24) is 9.97 Å². The van der Waals surface area contributed by atoms with Crippen LogP contribution in [0.3, 0.4) is 0 Å². The summed E-state index contributed by atoms with van der Waals surface area (Å²) in [7, 11) is 0. The summed E-state index contributed by atoms with van der Waals surface area (Å²) in [5, 5.41) is 2.47. The number of benzene rings is 3. The second-order valence-corrected chi connectivity index (χ2v) is 11.0. The predicted molar refractivity (Wildman–Crippen MR) is 179 cm³/mol. The van der Waals surface area contributed by atoms with Crippen LogP contribution in [0.15, 0.2) is 134 Å². The average molecular weight is 557 g/mol. The number of fused-ring (bicyclic) bond motifs is 2. The normalized spacial score (nSPS) is 18.7. The maximum Gasteiger partial charge on any atom is 0.156 e. The lowest BCUT2D eigenvalue weighted by molar-refractivity contribution is 0.210.